The van der Waals surface area contributed by atoms with E-state index in [0.717, 1.165) is 24.2 Å². The van der Waals surface area contributed by atoms with Crippen LogP contribution in [0.4, 0.5) is 10.6 Å². The largest absolute Gasteiger partial charge is 0.457 e. The first-order chi connectivity index (χ1) is 20.0. The van der Waals surface area contributed by atoms with Gasteiger partial charge in [-0.05, 0) is 82.5 Å². The topological polar surface area (TPSA) is 94.2 Å². The number of rotatable bonds is 6. The van der Waals surface area contributed by atoms with Crippen molar-refractivity contribution in [1.29, 1.82) is 0 Å². The summed E-state index contributed by atoms with van der Waals surface area (Å²) in [5.74, 6) is 1.86. The van der Waals surface area contributed by atoms with Crippen LogP contribution < -0.4 is 10.4 Å². The molecule has 0 spiro atoms. The molecule has 1 aliphatic rings. The summed E-state index contributed by atoms with van der Waals surface area (Å²) in [6, 6.07) is 16.9. The van der Waals surface area contributed by atoms with Crippen molar-refractivity contribution in [2.75, 3.05) is 27.2 Å². The Morgan fingerprint density at radius 2 is 1.88 bits per heavy atom. The van der Waals surface area contributed by atoms with Crippen LogP contribution in [-0.2, 0) is 4.74 Å². The van der Waals surface area contributed by atoms with E-state index in [2.05, 4.69) is 9.98 Å². The van der Waals surface area contributed by atoms with E-state index in [-0.39, 0.29) is 17.8 Å². The fourth-order valence-corrected chi connectivity index (χ4v) is 5.17. The second-order valence-electron chi connectivity index (χ2n) is 11.8. The van der Waals surface area contributed by atoms with Crippen LogP contribution in [-0.4, -0.2) is 69.1 Å². The summed E-state index contributed by atoms with van der Waals surface area (Å²) in [6.07, 6.45) is 4.47. The first-order valence-electron chi connectivity index (χ1n) is 14.2. The number of benzene rings is 2. The van der Waals surface area contributed by atoms with Gasteiger partial charge in [-0.3, -0.25) is 9.13 Å². The normalized spacial score (nSPS) is 15.8. The number of nitrogens with zero attached hydrogens (tertiary/aromatic N) is 6. The van der Waals surface area contributed by atoms with E-state index < -0.39 is 5.60 Å². The lowest BCUT2D eigenvalue weighted by Gasteiger charge is -2.34. The maximum absolute atomic E-state index is 14.3. The zero-order chi connectivity index (χ0) is 30.0. The predicted octanol–water partition coefficient (Wildman–Crippen LogP) is 6.08. The first kappa shape index (κ1) is 28.9. The van der Waals surface area contributed by atoms with Gasteiger partial charge in [0.2, 0.25) is 0 Å². The maximum atomic E-state index is 14.3. The van der Waals surface area contributed by atoms with Gasteiger partial charge in [0.05, 0.1) is 23.6 Å². The average molecular weight is 571 g/mol. The van der Waals surface area contributed by atoms with Crippen molar-refractivity contribution < 1.29 is 14.3 Å². The van der Waals surface area contributed by atoms with E-state index in [9.17, 15) is 9.59 Å². The Bertz CT molecular complexity index is 1670. The Kier molecular flexibility index (Phi) is 8.06. The van der Waals surface area contributed by atoms with Crippen molar-refractivity contribution in [1.82, 2.24) is 23.9 Å². The minimum Gasteiger partial charge on any atom is -0.457 e. The van der Waals surface area contributed by atoms with Gasteiger partial charge in [-0.1, -0.05) is 18.2 Å². The third kappa shape index (κ3) is 6.17. The summed E-state index contributed by atoms with van der Waals surface area (Å²) >= 11 is 0. The van der Waals surface area contributed by atoms with Gasteiger partial charge in [0.15, 0.2) is 5.82 Å². The summed E-state index contributed by atoms with van der Waals surface area (Å²) in [7, 11) is 3.76. The first-order valence-corrected chi connectivity index (χ1v) is 14.2. The minimum absolute atomic E-state index is 0.216. The molecule has 10 nitrogen and oxygen atoms in total. The number of fused-ring (bicyclic) bond motifs is 1. The SMILES string of the molecule is Cc1cc(-n2c(=O)n([C@@H]3CCCN(C(=O)OC(C)(C)C)C3)c3ccnc(N=CN(C)C)c32)ccc1Oc1ccccc1. The molecule has 1 atom stereocenters. The highest BCUT2D eigenvalue weighted by Gasteiger charge is 2.31. The van der Waals surface area contributed by atoms with Gasteiger partial charge in [-0.2, -0.15) is 0 Å². The number of para-hydroxylation sites is 1. The van der Waals surface area contributed by atoms with Gasteiger partial charge in [0, 0.05) is 33.4 Å². The molecule has 0 bridgehead atoms. The molecule has 4 aromatic rings. The molecule has 0 saturated carbocycles. The standard InChI is InChI=1S/C32H38N6O4/c1-22-19-23(14-15-27(22)41-25-12-8-7-9-13-25)38-28-26(16-17-33-29(28)34-21-35(5)6)37(30(38)39)24-11-10-18-36(20-24)31(40)42-32(2,3)4/h7-9,12-17,19,21,24H,10-11,18,20H2,1-6H3/t24-/m1/s1. The molecule has 1 amide bonds. The van der Waals surface area contributed by atoms with E-state index >= 15 is 0 Å². The minimum atomic E-state index is -0.601. The van der Waals surface area contributed by atoms with Crippen LogP contribution in [0.1, 0.15) is 45.2 Å². The van der Waals surface area contributed by atoms with E-state index in [1.54, 1.807) is 26.6 Å². The smallest absolute Gasteiger partial charge is 0.410 e. The summed E-state index contributed by atoms with van der Waals surface area (Å²) in [4.78, 5) is 39.9. The third-order valence-electron chi connectivity index (χ3n) is 6.98. The van der Waals surface area contributed by atoms with Gasteiger partial charge in [0.25, 0.3) is 0 Å². The molecule has 0 aliphatic carbocycles. The number of aryl methyl sites for hydroxylation is 1. The van der Waals surface area contributed by atoms with E-state index in [4.69, 9.17) is 9.47 Å². The lowest BCUT2D eigenvalue weighted by molar-refractivity contribution is 0.0173. The predicted molar refractivity (Wildman–Crippen MR) is 164 cm³/mol. The van der Waals surface area contributed by atoms with Gasteiger partial charge in [-0.15, -0.1) is 0 Å². The quantitative estimate of drug-likeness (QED) is 0.206. The molecule has 0 N–H and O–H groups in total. The number of aromatic nitrogens is 3. The van der Waals surface area contributed by atoms with Crippen LogP contribution in [0.25, 0.3) is 16.7 Å². The molecule has 1 aliphatic heterocycles. The molecule has 1 fully saturated rings. The summed E-state index contributed by atoms with van der Waals surface area (Å²) < 4.78 is 15.2. The number of carbonyl (C=O) groups is 1. The third-order valence-corrected chi connectivity index (χ3v) is 6.98. The molecular weight excluding hydrogens is 532 g/mol. The number of imidazole rings is 1. The Hall–Kier alpha value is -4.60. The molecule has 220 valence electrons. The molecule has 10 heteroatoms. The van der Waals surface area contributed by atoms with Gasteiger partial charge >= 0.3 is 11.8 Å². The summed E-state index contributed by atoms with van der Waals surface area (Å²) in [5, 5.41) is 0. The fraction of sp³-hybridized carbons (Fsp3) is 0.375. The lowest BCUT2D eigenvalue weighted by atomic mass is 10.1. The molecule has 2 aromatic heterocycles. The number of hydrogen-bond donors (Lipinski definition) is 0. The molecule has 0 radical (unpaired) electrons. The number of hydrogen-bond acceptors (Lipinski definition) is 6. The van der Waals surface area contributed by atoms with Crippen molar-refractivity contribution in [2.24, 2.45) is 4.99 Å². The summed E-state index contributed by atoms with van der Waals surface area (Å²) in [5.41, 5.74) is 2.05. The Balaban J connectivity index is 1.61. The lowest BCUT2D eigenvalue weighted by Crippen LogP contribution is -2.45. The van der Waals surface area contributed by atoms with Gasteiger partial charge in [-0.25, -0.2) is 19.6 Å². The van der Waals surface area contributed by atoms with E-state index in [1.165, 1.54) is 0 Å². The molecule has 1 saturated heterocycles. The monoisotopic (exact) mass is 570 g/mol. The second-order valence-corrected chi connectivity index (χ2v) is 11.8. The molecule has 42 heavy (non-hydrogen) atoms. The Morgan fingerprint density at radius 1 is 1.12 bits per heavy atom. The number of aliphatic imine (C=N–C) groups is 1. The summed E-state index contributed by atoms with van der Waals surface area (Å²) in [6.45, 7) is 8.47. The highest BCUT2D eigenvalue weighted by molar-refractivity contribution is 5.88. The van der Waals surface area contributed by atoms with Crippen LogP contribution in [0.2, 0.25) is 0 Å². The highest BCUT2D eigenvalue weighted by Crippen LogP contribution is 2.33. The van der Waals surface area contributed by atoms with Crippen LogP contribution in [0.15, 0.2) is 70.6 Å². The molecule has 5 rings (SSSR count). The van der Waals surface area contributed by atoms with E-state index in [1.807, 2.05) is 101 Å². The van der Waals surface area contributed by atoms with Crippen LogP contribution in [0, 0.1) is 6.92 Å². The number of piperidine rings is 1. The van der Waals surface area contributed by atoms with Crippen molar-refractivity contribution in [3.8, 4) is 17.2 Å². The Morgan fingerprint density at radius 3 is 2.57 bits per heavy atom. The van der Waals surface area contributed by atoms with Crippen molar-refractivity contribution in [2.45, 2.75) is 52.2 Å². The average Bonchev–Trinajstić information content (AvgIpc) is 3.25. The van der Waals surface area contributed by atoms with Gasteiger partial charge < -0.3 is 19.3 Å². The van der Waals surface area contributed by atoms with Crippen molar-refractivity contribution >= 4 is 29.3 Å². The molecule has 0 unspecified atom stereocenters. The number of carbonyl (C=O) groups excluding carboxylic acids is 1. The number of pyridine rings is 1. The Labute approximate surface area is 245 Å². The molecule has 2 aromatic carbocycles. The van der Waals surface area contributed by atoms with Crippen LogP contribution >= 0.6 is 0 Å². The van der Waals surface area contributed by atoms with Crippen LogP contribution in [0.5, 0.6) is 11.5 Å². The van der Waals surface area contributed by atoms with Crippen molar-refractivity contribution in [3.63, 3.8) is 0 Å². The molecule has 3 heterocycles. The maximum Gasteiger partial charge on any atom is 0.410 e. The zero-order valence-electron chi connectivity index (χ0n) is 25.1. The number of likely N-dealkylation sites (tertiary alicyclic amines) is 1. The van der Waals surface area contributed by atoms with E-state index in [0.29, 0.717) is 41.4 Å². The zero-order valence-corrected chi connectivity index (χ0v) is 25.1. The second kappa shape index (κ2) is 11.7. The van der Waals surface area contributed by atoms with Crippen molar-refractivity contribution in [3.05, 3.63) is 76.8 Å². The fourth-order valence-electron chi connectivity index (χ4n) is 5.17. The number of ether oxygens (including phenoxy) is 2. The molecular formula is C32H38N6O4. The van der Waals surface area contributed by atoms with Gasteiger partial charge in [0.1, 0.15) is 22.6 Å². The number of amides is 1. The highest BCUT2D eigenvalue weighted by atomic mass is 16.6. The van der Waals surface area contributed by atoms with Crippen LogP contribution in [0.3, 0.4) is 0 Å².